The van der Waals surface area contributed by atoms with Crippen LogP contribution < -0.4 is 11.1 Å². The molecular weight excluding hydrogens is 284 g/mol. The number of rotatable bonds is 3. The molecule has 2 aromatic carbocycles. The third kappa shape index (κ3) is 2.49. The van der Waals surface area contributed by atoms with E-state index in [1.807, 2.05) is 36.4 Å². The lowest BCUT2D eigenvalue weighted by Gasteiger charge is -2.38. The van der Waals surface area contributed by atoms with E-state index >= 15 is 0 Å². The van der Waals surface area contributed by atoms with Gasteiger partial charge in [-0.1, -0.05) is 41.9 Å². The van der Waals surface area contributed by atoms with Crippen molar-refractivity contribution in [3.8, 4) is 0 Å². The minimum absolute atomic E-state index is 0.352. The molecule has 0 bridgehead atoms. The van der Waals surface area contributed by atoms with Crippen molar-refractivity contribution in [3.05, 3.63) is 64.7 Å². The maximum absolute atomic E-state index is 12.3. The number of aryl methyl sites for hydroxylation is 1. The number of hydrogen-bond acceptors (Lipinski definition) is 2. The Hall–Kier alpha value is -2.00. The van der Waals surface area contributed by atoms with Gasteiger partial charge >= 0.3 is 0 Å². The van der Waals surface area contributed by atoms with Crippen molar-refractivity contribution in [1.82, 2.24) is 0 Å². The van der Waals surface area contributed by atoms with Crippen LogP contribution in [0.3, 0.4) is 0 Å². The molecule has 1 atom stereocenters. The first-order valence-corrected chi connectivity index (χ1v) is 7.42. The van der Waals surface area contributed by atoms with Crippen LogP contribution in [-0.2, 0) is 16.8 Å². The number of benzene rings is 2. The zero-order valence-electron chi connectivity index (χ0n) is 11.6. The van der Waals surface area contributed by atoms with Gasteiger partial charge in [0.15, 0.2) is 0 Å². The van der Waals surface area contributed by atoms with Crippen LogP contribution in [0.15, 0.2) is 48.5 Å². The van der Waals surface area contributed by atoms with Crippen LogP contribution >= 0.6 is 11.6 Å². The van der Waals surface area contributed by atoms with Crippen LogP contribution in [0.4, 0.5) is 5.69 Å². The van der Waals surface area contributed by atoms with E-state index in [0.717, 1.165) is 24.1 Å². The van der Waals surface area contributed by atoms with E-state index in [2.05, 4.69) is 11.4 Å². The average Bonchev–Trinajstić information content (AvgIpc) is 2.47. The number of primary amides is 1. The summed E-state index contributed by atoms with van der Waals surface area (Å²) in [5.41, 5.74) is 7.86. The topological polar surface area (TPSA) is 55.1 Å². The molecule has 21 heavy (non-hydrogen) atoms. The number of amides is 1. The number of hydrogen-bond donors (Lipinski definition) is 2. The number of halogens is 1. The van der Waals surface area contributed by atoms with Crippen molar-refractivity contribution in [1.29, 1.82) is 0 Å². The summed E-state index contributed by atoms with van der Waals surface area (Å²) < 4.78 is 0. The lowest BCUT2D eigenvalue weighted by molar-refractivity contribution is -0.123. The lowest BCUT2D eigenvalue weighted by atomic mass is 9.75. The van der Waals surface area contributed by atoms with Gasteiger partial charge in [0.2, 0.25) is 5.91 Å². The van der Waals surface area contributed by atoms with Gasteiger partial charge in [0.05, 0.1) is 0 Å². The lowest BCUT2D eigenvalue weighted by Crippen LogP contribution is -2.49. The highest BCUT2D eigenvalue weighted by atomic mass is 35.5. The standard InChI is InChI=1S/C17H17ClN2O/c18-13-7-3-8-14(11-13)20-17(16(19)21)10-4-6-12-5-1-2-9-15(12)17/h1-3,5,7-9,11,20H,4,6,10H2,(H2,19,21). The predicted molar refractivity (Wildman–Crippen MR) is 85.3 cm³/mol. The minimum Gasteiger partial charge on any atom is -0.368 e. The summed E-state index contributed by atoms with van der Waals surface area (Å²) in [6.45, 7) is 0. The fourth-order valence-electron chi connectivity index (χ4n) is 3.09. The second-order valence-corrected chi connectivity index (χ2v) is 5.85. The molecule has 0 saturated carbocycles. The third-order valence-corrected chi connectivity index (χ3v) is 4.31. The molecule has 0 spiro atoms. The Bertz CT molecular complexity index is 686. The SMILES string of the molecule is NC(=O)C1(Nc2cccc(Cl)c2)CCCc2ccccc21. The van der Waals surface area contributed by atoms with Crippen molar-refractivity contribution in [2.75, 3.05) is 5.32 Å². The molecular formula is C17H17ClN2O. The number of nitrogens with two attached hydrogens (primary N) is 1. The zero-order valence-corrected chi connectivity index (χ0v) is 12.4. The molecule has 2 aromatic rings. The molecule has 1 aliphatic rings. The van der Waals surface area contributed by atoms with E-state index in [0.29, 0.717) is 11.4 Å². The van der Waals surface area contributed by atoms with E-state index in [1.165, 1.54) is 5.56 Å². The van der Waals surface area contributed by atoms with Gasteiger partial charge in [-0.15, -0.1) is 0 Å². The second kappa shape index (κ2) is 5.41. The van der Waals surface area contributed by atoms with E-state index in [-0.39, 0.29) is 5.91 Å². The summed E-state index contributed by atoms with van der Waals surface area (Å²) in [7, 11) is 0. The predicted octanol–water partition coefficient (Wildman–Crippen LogP) is 3.47. The highest BCUT2D eigenvalue weighted by Gasteiger charge is 2.41. The minimum atomic E-state index is -0.862. The maximum Gasteiger partial charge on any atom is 0.247 e. The number of nitrogens with one attached hydrogen (secondary N) is 1. The monoisotopic (exact) mass is 300 g/mol. The number of anilines is 1. The normalized spacial score (nSPS) is 20.6. The largest absolute Gasteiger partial charge is 0.368 e. The van der Waals surface area contributed by atoms with Crippen LogP contribution in [0.5, 0.6) is 0 Å². The average molecular weight is 301 g/mol. The number of carbonyl (C=O) groups excluding carboxylic acids is 1. The fraction of sp³-hybridized carbons (Fsp3) is 0.235. The molecule has 0 radical (unpaired) electrons. The Labute approximate surface area is 129 Å². The Balaban J connectivity index is 2.08. The molecule has 108 valence electrons. The van der Waals surface area contributed by atoms with E-state index in [1.54, 1.807) is 6.07 Å². The Kier molecular flexibility index (Phi) is 3.60. The number of carbonyl (C=O) groups is 1. The van der Waals surface area contributed by atoms with Gasteiger partial charge in [-0.05, 0) is 48.6 Å². The summed E-state index contributed by atoms with van der Waals surface area (Å²) in [6, 6.07) is 15.4. The third-order valence-electron chi connectivity index (χ3n) is 4.08. The van der Waals surface area contributed by atoms with Crippen molar-refractivity contribution >= 4 is 23.2 Å². The van der Waals surface area contributed by atoms with Crippen molar-refractivity contribution < 1.29 is 4.79 Å². The molecule has 1 aliphatic carbocycles. The fourth-order valence-corrected chi connectivity index (χ4v) is 3.28. The molecule has 0 saturated heterocycles. The first-order valence-electron chi connectivity index (χ1n) is 7.04. The maximum atomic E-state index is 12.3. The smallest absolute Gasteiger partial charge is 0.247 e. The summed E-state index contributed by atoms with van der Waals surface area (Å²) in [6.07, 6.45) is 2.59. The molecule has 0 fully saturated rings. The van der Waals surface area contributed by atoms with Crippen LogP contribution in [-0.4, -0.2) is 5.91 Å². The summed E-state index contributed by atoms with van der Waals surface area (Å²) >= 11 is 6.03. The van der Waals surface area contributed by atoms with Gasteiger partial charge < -0.3 is 11.1 Å². The zero-order chi connectivity index (χ0) is 14.9. The molecule has 0 aromatic heterocycles. The Morgan fingerprint density at radius 2 is 2.00 bits per heavy atom. The van der Waals surface area contributed by atoms with Gasteiger partial charge in [-0.3, -0.25) is 4.79 Å². The molecule has 1 unspecified atom stereocenters. The Morgan fingerprint density at radius 3 is 2.76 bits per heavy atom. The highest BCUT2D eigenvalue weighted by molar-refractivity contribution is 6.30. The first kappa shape index (κ1) is 14.0. The van der Waals surface area contributed by atoms with E-state index in [4.69, 9.17) is 17.3 Å². The molecule has 3 nitrogen and oxygen atoms in total. The van der Waals surface area contributed by atoms with Gasteiger partial charge in [0.1, 0.15) is 5.54 Å². The summed E-state index contributed by atoms with van der Waals surface area (Å²) in [5, 5.41) is 3.96. The van der Waals surface area contributed by atoms with Crippen LogP contribution in [0.1, 0.15) is 24.0 Å². The molecule has 0 aliphatic heterocycles. The molecule has 4 heteroatoms. The second-order valence-electron chi connectivity index (χ2n) is 5.42. The van der Waals surface area contributed by atoms with Crippen LogP contribution in [0, 0.1) is 0 Å². The van der Waals surface area contributed by atoms with Gasteiger partial charge in [-0.25, -0.2) is 0 Å². The summed E-state index contributed by atoms with van der Waals surface area (Å²) in [4.78, 5) is 12.3. The summed E-state index contributed by atoms with van der Waals surface area (Å²) in [5.74, 6) is -0.352. The molecule has 1 amide bonds. The van der Waals surface area contributed by atoms with Gasteiger partial charge in [-0.2, -0.15) is 0 Å². The van der Waals surface area contributed by atoms with Crippen molar-refractivity contribution in [2.24, 2.45) is 5.73 Å². The van der Waals surface area contributed by atoms with Crippen LogP contribution in [0.25, 0.3) is 0 Å². The highest BCUT2D eigenvalue weighted by Crippen LogP contribution is 2.38. The Morgan fingerprint density at radius 1 is 1.19 bits per heavy atom. The van der Waals surface area contributed by atoms with Gasteiger partial charge in [0, 0.05) is 10.7 Å². The van der Waals surface area contributed by atoms with Crippen molar-refractivity contribution in [3.63, 3.8) is 0 Å². The number of fused-ring (bicyclic) bond motifs is 1. The van der Waals surface area contributed by atoms with Gasteiger partial charge in [0.25, 0.3) is 0 Å². The van der Waals surface area contributed by atoms with E-state index in [9.17, 15) is 4.79 Å². The quantitative estimate of drug-likeness (QED) is 0.912. The van der Waals surface area contributed by atoms with E-state index < -0.39 is 5.54 Å². The first-order chi connectivity index (χ1) is 10.1. The molecule has 0 heterocycles. The molecule has 3 N–H and O–H groups in total. The van der Waals surface area contributed by atoms with Crippen molar-refractivity contribution in [2.45, 2.75) is 24.8 Å². The molecule has 3 rings (SSSR count). The van der Waals surface area contributed by atoms with Crippen LogP contribution in [0.2, 0.25) is 5.02 Å².